The molecule has 172 valence electrons. The molecule has 0 radical (unpaired) electrons. The van der Waals surface area contributed by atoms with Crippen LogP contribution in [0.25, 0.3) is 11.0 Å². The number of urea groups is 1. The van der Waals surface area contributed by atoms with Crippen LogP contribution in [0, 0.1) is 5.82 Å². The zero-order valence-corrected chi connectivity index (χ0v) is 16.9. The van der Waals surface area contributed by atoms with E-state index in [4.69, 9.17) is 4.74 Å². The van der Waals surface area contributed by atoms with E-state index < -0.39 is 36.0 Å². The first-order valence-corrected chi connectivity index (χ1v) is 9.64. The van der Waals surface area contributed by atoms with Gasteiger partial charge in [-0.1, -0.05) is 0 Å². The minimum Gasteiger partial charge on any atom is -0.456 e. The predicted molar refractivity (Wildman–Crippen MR) is 110 cm³/mol. The number of alkyl halides is 3. The molecule has 0 aliphatic carbocycles. The van der Waals surface area contributed by atoms with Crippen molar-refractivity contribution in [2.75, 3.05) is 16.3 Å². The van der Waals surface area contributed by atoms with Crippen LogP contribution in [0.5, 0.6) is 11.5 Å². The van der Waals surface area contributed by atoms with E-state index in [9.17, 15) is 27.2 Å². The number of hydrogen-bond donors (Lipinski definition) is 1. The molecule has 1 aromatic carbocycles. The topological polar surface area (TPSA) is 104 Å². The Morgan fingerprint density at radius 3 is 2.59 bits per heavy atom. The molecule has 1 N–H and O–H groups in total. The van der Waals surface area contributed by atoms with Gasteiger partial charge >= 0.3 is 12.2 Å². The van der Waals surface area contributed by atoms with Crippen LogP contribution < -0.4 is 14.5 Å². The van der Waals surface area contributed by atoms with Gasteiger partial charge in [-0.05, 0) is 24.3 Å². The number of carbonyl (C=O) groups excluding carboxylic acids is 2. The molecule has 3 amide bonds. The largest absolute Gasteiger partial charge is 0.456 e. The molecular weight excluding hydrogens is 460 g/mol. The highest BCUT2D eigenvalue weighted by Gasteiger charge is 2.40. The van der Waals surface area contributed by atoms with Crippen molar-refractivity contribution >= 4 is 34.3 Å². The number of fused-ring (bicyclic) bond motifs is 1. The number of aromatic amines is 1. The standard InChI is InChI=1S/C21H12F4N6O3/c22-16-5-14(34-15-3-11-6-28-29-19(11)27-9-15)1-2-17(16)31-18(32)10-30(20(31)33)13-4-12(7-26-8-13)21(23,24)25/h1-9H,10H2,(H,27,28,29). The molecule has 9 nitrogen and oxygen atoms in total. The lowest BCUT2D eigenvalue weighted by molar-refractivity contribution is -0.137. The van der Waals surface area contributed by atoms with Crippen LogP contribution in [0.2, 0.25) is 0 Å². The minimum absolute atomic E-state index is 0.0731. The molecule has 1 fully saturated rings. The zero-order valence-electron chi connectivity index (χ0n) is 16.9. The van der Waals surface area contributed by atoms with Gasteiger partial charge in [0.25, 0.3) is 5.91 Å². The Bertz CT molecular complexity index is 1440. The van der Waals surface area contributed by atoms with Crippen molar-refractivity contribution in [2.24, 2.45) is 0 Å². The van der Waals surface area contributed by atoms with Gasteiger partial charge in [0.15, 0.2) is 11.5 Å². The summed E-state index contributed by atoms with van der Waals surface area (Å²) in [5, 5.41) is 7.20. The molecule has 0 spiro atoms. The second kappa shape index (κ2) is 7.79. The van der Waals surface area contributed by atoms with Crippen molar-refractivity contribution in [2.45, 2.75) is 6.18 Å². The van der Waals surface area contributed by atoms with E-state index in [1.165, 1.54) is 18.5 Å². The molecule has 0 saturated carbocycles. The van der Waals surface area contributed by atoms with E-state index in [-0.39, 0.29) is 17.1 Å². The lowest BCUT2D eigenvalue weighted by Gasteiger charge is -2.18. The monoisotopic (exact) mass is 472 g/mol. The van der Waals surface area contributed by atoms with Crippen LogP contribution in [0.3, 0.4) is 0 Å². The van der Waals surface area contributed by atoms with Crippen LogP contribution in [0.15, 0.2) is 55.1 Å². The summed E-state index contributed by atoms with van der Waals surface area (Å²) in [4.78, 5) is 34.2. The Labute approximate surface area is 187 Å². The SMILES string of the molecule is O=C1CN(c2cncc(C(F)(F)F)c2)C(=O)N1c1ccc(Oc2cnc3[nH]ncc3c2)cc1F. The van der Waals surface area contributed by atoms with Crippen molar-refractivity contribution in [1.82, 2.24) is 20.2 Å². The molecule has 4 heterocycles. The molecule has 4 aromatic rings. The van der Waals surface area contributed by atoms with Gasteiger partial charge < -0.3 is 4.74 Å². The molecular formula is C21H12F4N6O3. The van der Waals surface area contributed by atoms with E-state index in [0.717, 1.165) is 23.2 Å². The molecule has 0 atom stereocenters. The van der Waals surface area contributed by atoms with E-state index in [0.29, 0.717) is 33.9 Å². The highest BCUT2D eigenvalue weighted by atomic mass is 19.4. The number of H-pyrrole nitrogens is 1. The van der Waals surface area contributed by atoms with Crippen LogP contribution >= 0.6 is 0 Å². The third-order valence-electron chi connectivity index (χ3n) is 4.99. The zero-order chi connectivity index (χ0) is 24.0. The summed E-state index contributed by atoms with van der Waals surface area (Å²) in [6.45, 7) is -0.574. The number of halogens is 4. The average Bonchev–Trinajstić information content (AvgIpc) is 3.37. The fourth-order valence-corrected chi connectivity index (χ4v) is 3.41. The van der Waals surface area contributed by atoms with Crippen molar-refractivity contribution in [3.8, 4) is 11.5 Å². The first kappa shape index (κ1) is 21.3. The van der Waals surface area contributed by atoms with Gasteiger partial charge in [-0.2, -0.15) is 18.3 Å². The number of imide groups is 1. The maximum atomic E-state index is 14.9. The molecule has 34 heavy (non-hydrogen) atoms. The smallest absolute Gasteiger partial charge is 0.417 e. The molecule has 13 heteroatoms. The number of anilines is 2. The number of aromatic nitrogens is 4. The van der Waals surface area contributed by atoms with E-state index in [2.05, 4.69) is 20.2 Å². The number of benzene rings is 1. The molecule has 1 aliphatic rings. The maximum absolute atomic E-state index is 14.9. The first-order chi connectivity index (χ1) is 16.2. The van der Waals surface area contributed by atoms with Gasteiger partial charge in [0.05, 0.1) is 35.5 Å². The number of ether oxygens (including phenoxy) is 1. The van der Waals surface area contributed by atoms with Crippen molar-refractivity contribution < 1.29 is 31.9 Å². The Hall–Kier alpha value is -4.55. The molecule has 5 rings (SSSR count). The average molecular weight is 472 g/mol. The Morgan fingerprint density at radius 1 is 1.00 bits per heavy atom. The van der Waals surface area contributed by atoms with Crippen LogP contribution in [0.4, 0.5) is 33.7 Å². The lowest BCUT2D eigenvalue weighted by atomic mass is 10.2. The number of nitrogens with zero attached hydrogens (tertiary/aromatic N) is 5. The lowest BCUT2D eigenvalue weighted by Crippen LogP contribution is -2.33. The van der Waals surface area contributed by atoms with Gasteiger partial charge in [0, 0.05) is 17.6 Å². The Balaban J connectivity index is 1.39. The summed E-state index contributed by atoms with van der Waals surface area (Å²) >= 11 is 0. The highest BCUT2D eigenvalue weighted by molar-refractivity contribution is 6.27. The van der Waals surface area contributed by atoms with Crippen molar-refractivity contribution in [1.29, 1.82) is 0 Å². The maximum Gasteiger partial charge on any atom is 0.417 e. The normalized spacial score (nSPS) is 14.4. The molecule has 3 aromatic heterocycles. The summed E-state index contributed by atoms with van der Waals surface area (Å²) in [7, 11) is 0. The van der Waals surface area contributed by atoms with Crippen LogP contribution in [-0.2, 0) is 11.0 Å². The molecule has 0 unspecified atom stereocenters. The molecule has 1 saturated heterocycles. The van der Waals surface area contributed by atoms with E-state index in [1.807, 2.05) is 0 Å². The predicted octanol–water partition coefficient (Wildman–Crippen LogP) is 4.28. The third kappa shape index (κ3) is 3.76. The summed E-state index contributed by atoms with van der Waals surface area (Å²) < 4.78 is 59.4. The number of carbonyl (C=O) groups is 2. The van der Waals surface area contributed by atoms with E-state index in [1.54, 1.807) is 6.07 Å². The van der Waals surface area contributed by atoms with Crippen molar-refractivity contribution in [3.05, 3.63) is 66.5 Å². The van der Waals surface area contributed by atoms with Crippen LogP contribution in [-0.4, -0.2) is 38.6 Å². The fourth-order valence-electron chi connectivity index (χ4n) is 3.41. The van der Waals surface area contributed by atoms with Crippen molar-refractivity contribution in [3.63, 3.8) is 0 Å². The second-order valence-electron chi connectivity index (χ2n) is 7.22. The van der Waals surface area contributed by atoms with Gasteiger partial charge in [-0.25, -0.2) is 19.1 Å². The third-order valence-corrected chi connectivity index (χ3v) is 4.99. The van der Waals surface area contributed by atoms with Gasteiger partial charge in [-0.15, -0.1) is 0 Å². The minimum atomic E-state index is -4.69. The number of nitrogens with one attached hydrogen (secondary N) is 1. The molecule has 0 bridgehead atoms. The highest BCUT2D eigenvalue weighted by Crippen LogP contribution is 2.34. The summed E-state index contributed by atoms with van der Waals surface area (Å²) in [6, 6.07) is 4.80. The fraction of sp³-hybridized carbons (Fsp3) is 0.0952. The number of pyridine rings is 2. The van der Waals surface area contributed by atoms with Crippen LogP contribution in [0.1, 0.15) is 5.56 Å². The molecule has 1 aliphatic heterocycles. The number of rotatable bonds is 4. The summed E-state index contributed by atoms with van der Waals surface area (Å²) in [6.07, 6.45) is -0.130. The number of hydrogen-bond acceptors (Lipinski definition) is 6. The Morgan fingerprint density at radius 2 is 1.82 bits per heavy atom. The van der Waals surface area contributed by atoms with E-state index >= 15 is 0 Å². The quantitative estimate of drug-likeness (QED) is 0.351. The van der Waals surface area contributed by atoms with Gasteiger partial charge in [0.2, 0.25) is 0 Å². The number of amides is 3. The Kier molecular flexibility index (Phi) is 4.88. The van der Waals surface area contributed by atoms with Gasteiger partial charge in [0.1, 0.15) is 18.0 Å². The summed E-state index contributed by atoms with van der Waals surface area (Å²) in [5.41, 5.74) is -1.15. The summed E-state index contributed by atoms with van der Waals surface area (Å²) in [5.74, 6) is -1.38. The van der Waals surface area contributed by atoms with Gasteiger partial charge in [-0.3, -0.25) is 19.8 Å². The first-order valence-electron chi connectivity index (χ1n) is 9.64. The second-order valence-corrected chi connectivity index (χ2v) is 7.22.